The van der Waals surface area contributed by atoms with E-state index in [9.17, 15) is 48.3 Å². The second-order valence-electron chi connectivity index (χ2n) is 18.1. The van der Waals surface area contributed by atoms with Crippen LogP contribution in [0, 0.1) is 0 Å². The van der Waals surface area contributed by atoms with Crippen molar-refractivity contribution in [2.24, 2.45) is 5.11 Å². The number of hydrogen-bond acceptors (Lipinski definition) is 26. The number of carbonyl (C=O) groups is 9. The van der Waals surface area contributed by atoms with Gasteiger partial charge in [0.1, 0.15) is 43.6 Å². The van der Waals surface area contributed by atoms with Gasteiger partial charge in [0.15, 0.2) is 30.9 Å². The van der Waals surface area contributed by atoms with E-state index in [0.29, 0.717) is 5.56 Å². The van der Waals surface area contributed by atoms with Gasteiger partial charge < -0.3 is 97.4 Å². The molecule has 0 bridgehead atoms. The van der Waals surface area contributed by atoms with E-state index < -0.39 is 115 Å². The summed E-state index contributed by atoms with van der Waals surface area (Å²) in [5.41, 5.74) is 9.60. The Morgan fingerprint density at radius 2 is 0.880 bits per heavy atom. The number of azide groups is 1. The Morgan fingerprint density at radius 3 is 1.29 bits per heavy atom. The van der Waals surface area contributed by atoms with Crippen molar-refractivity contribution in [1.29, 1.82) is 0 Å². The SMILES string of the molecule is CC(=O)NC1C(OCCOCCOCCOCCNC(=O)c2cc(CN=[N+]=[N-])cc(C(=O)NCCOCCOCCOCCOC3O[C@H](COC(C)=O)[C@H](OC(C)=O)[C@H](OC(C)=O)C3NC(C)=O)c2)O[C@H](COC(C)=O)[C@H](OC(C)=O)[C@@H]1O. The van der Waals surface area contributed by atoms with Crippen LogP contribution in [0.5, 0.6) is 0 Å². The maximum atomic E-state index is 13.1. The summed E-state index contributed by atoms with van der Waals surface area (Å²) in [6.07, 6.45) is -9.87. The lowest BCUT2D eigenvalue weighted by Crippen LogP contribution is -2.66. The normalized spacial score (nSPS) is 21.9. The predicted molar refractivity (Wildman–Crippen MR) is 279 cm³/mol. The van der Waals surface area contributed by atoms with E-state index in [2.05, 4.69) is 31.3 Å². The van der Waals surface area contributed by atoms with Gasteiger partial charge in [-0.1, -0.05) is 5.11 Å². The fraction of sp³-hybridized carbons (Fsp3) is 0.706. The van der Waals surface area contributed by atoms with Crippen molar-refractivity contribution in [3.63, 3.8) is 0 Å². The van der Waals surface area contributed by atoms with E-state index in [1.165, 1.54) is 45.9 Å². The molecule has 0 saturated carbocycles. The van der Waals surface area contributed by atoms with E-state index in [-0.39, 0.29) is 136 Å². The van der Waals surface area contributed by atoms with Crippen LogP contribution >= 0.6 is 0 Å². The molecule has 466 valence electrons. The summed E-state index contributed by atoms with van der Waals surface area (Å²) in [4.78, 5) is 112. The van der Waals surface area contributed by atoms with Gasteiger partial charge in [-0.2, -0.15) is 0 Å². The Balaban J connectivity index is 1.30. The number of carbonyl (C=O) groups excluding carboxylic acids is 9. The minimum absolute atomic E-state index is 0.0315. The predicted octanol–water partition coefficient (Wildman–Crippen LogP) is -1.17. The van der Waals surface area contributed by atoms with Crippen LogP contribution in [0.4, 0.5) is 0 Å². The third-order valence-corrected chi connectivity index (χ3v) is 11.3. The van der Waals surface area contributed by atoms with Crippen molar-refractivity contribution in [1.82, 2.24) is 21.3 Å². The summed E-state index contributed by atoms with van der Waals surface area (Å²) in [6.45, 7) is 9.46. The number of nitrogens with one attached hydrogen (secondary N) is 4. The lowest BCUT2D eigenvalue weighted by molar-refractivity contribution is -0.279. The maximum Gasteiger partial charge on any atom is 0.303 e. The van der Waals surface area contributed by atoms with Gasteiger partial charge in [-0.25, -0.2) is 0 Å². The molecule has 1 aromatic carbocycles. The Hall–Kier alpha value is -6.68. The zero-order valence-corrected chi connectivity index (χ0v) is 47.5. The first-order chi connectivity index (χ1) is 39.7. The van der Waals surface area contributed by atoms with E-state index in [0.717, 1.165) is 20.8 Å². The van der Waals surface area contributed by atoms with Crippen LogP contribution in [0.15, 0.2) is 23.3 Å². The lowest BCUT2D eigenvalue weighted by Gasteiger charge is -2.44. The topological polar surface area (TPSA) is 409 Å². The number of aliphatic hydroxyl groups excluding tert-OH is 1. The first-order valence-corrected chi connectivity index (χ1v) is 26.4. The highest BCUT2D eigenvalue weighted by Gasteiger charge is 2.52. The zero-order chi connectivity index (χ0) is 61.1. The Morgan fingerprint density at radius 1 is 0.506 bits per heavy atom. The van der Waals surface area contributed by atoms with Crippen LogP contribution < -0.4 is 21.3 Å². The largest absolute Gasteiger partial charge is 0.463 e. The summed E-state index contributed by atoms with van der Waals surface area (Å²) in [7, 11) is 0. The standard InChI is InChI=1S/C51H77N7O25/c1-30(59)56-42-44(66)45(79-34(5)63)40(28-77-32(3)61)82-50(42)75-22-20-73-18-16-71-14-12-69-10-8-53-48(67)38-24-37(27-55-58-52)25-39(26-38)49(68)54-9-11-70-13-15-72-17-19-74-21-23-76-51-43(57-31(2)60)47(81-36(7)65)46(80-35(6)64)41(83-51)29-78-33(4)62/h24-26,40-47,50-51,66H,8-23,27-29H2,1-7H3,(H,53,67)(H,54,68)(H,56,59)(H,57,60)/t40-,41-,42?,43?,44-,45+,46+,47-,50?,51?/m1/s1. The van der Waals surface area contributed by atoms with Crippen molar-refractivity contribution < 1.29 is 119 Å². The van der Waals surface area contributed by atoms with Crippen molar-refractivity contribution in [2.45, 2.75) is 116 Å². The van der Waals surface area contributed by atoms with Crippen LogP contribution in [0.25, 0.3) is 10.4 Å². The molecule has 2 saturated heterocycles. The minimum atomic E-state index is -1.45. The molecule has 4 unspecified atom stereocenters. The quantitative estimate of drug-likeness (QED) is 0.0129. The second kappa shape index (κ2) is 39.7. The fourth-order valence-electron chi connectivity index (χ4n) is 7.92. The van der Waals surface area contributed by atoms with Crippen LogP contribution in [0.2, 0.25) is 0 Å². The molecule has 32 heteroatoms. The smallest absolute Gasteiger partial charge is 0.303 e. The minimum Gasteiger partial charge on any atom is -0.463 e. The number of benzene rings is 1. The molecule has 3 rings (SSSR count). The van der Waals surface area contributed by atoms with Crippen LogP contribution in [-0.4, -0.2) is 239 Å². The number of ether oxygens (including phenoxy) is 15. The van der Waals surface area contributed by atoms with E-state index in [1.54, 1.807) is 0 Å². The highest BCUT2D eigenvalue weighted by molar-refractivity contribution is 6.00. The molecule has 2 fully saturated rings. The molecular formula is C51H77N7O25. The molecule has 0 aliphatic carbocycles. The number of nitrogens with zero attached hydrogens (tertiary/aromatic N) is 3. The molecule has 4 amide bonds. The van der Waals surface area contributed by atoms with Gasteiger partial charge in [0.05, 0.1) is 99.0 Å². The Labute approximate surface area is 478 Å². The molecule has 0 radical (unpaired) electrons. The molecule has 83 heavy (non-hydrogen) atoms. The second-order valence-corrected chi connectivity index (χ2v) is 18.1. The first-order valence-electron chi connectivity index (χ1n) is 26.4. The maximum absolute atomic E-state index is 13.1. The monoisotopic (exact) mass is 1190 g/mol. The van der Waals surface area contributed by atoms with Crippen molar-refractivity contribution in [3.05, 3.63) is 45.3 Å². The average molecular weight is 1190 g/mol. The van der Waals surface area contributed by atoms with Crippen molar-refractivity contribution >= 4 is 53.5 Å². The molecule has 2 aliphatic rings. The molecule has 1 aromatic rings. The molecule has 2 aliphatic heterocycles. The van der Waals surface area contributed by atoms with Gasteiger partial charge in [0.25, 0.3) is 11.8 Å². The number of esters is 5. The molecular weight excluding hydrogens is 1110 g/mol. The third-order valence-electron chi connectivity index (χ3n) is 11.3. The summed E-state index contributed by atoms with van der Waals surface area (Å²) in [5, 5.41) is 25.1. The Kier molecular flexibility index (Phi) is 33.8. The first kappa shape index (κ1) is 70.6. The van der Waals surface area contributed by atoms with Crippen LogP contribution in [0.3, 0.4) is 0 Å². The highest BCUT2D eigenvalue weighted by Crippen LogP contribution is 2.29. The van der Waals surface area contributed by atoms with Gasteiger partial charge in [-0.05, 0) is 29.3 Å². The number of amides is 4. The van der Waals surface area contributed by atoms with Crippen molar-refractivity contribution in [2.75, 3.05) is 119 Å². The number of rotatable bonds is 39. The van der Waals surface area contributed by atoms with E-state index >= 15 is 0 Å². The molecule has 0 spiro atoms. The van der Waals surface area contributed by atoms with Crippen LogP contribution in [0.1, 0.15) is 74.7 Å². The third kappa shape index (κ3) is 28.4. The summed E-state index contributed by atoms with van der Waals surface area (Å²) in [6, 6.07) is 2.16. The number of hydrogen-bond donors (Lipinski definition) is 5. The molecule has 10 atom stereocenters. The number of aliphatic hydroxyl groups is 1. The van der Waals surface area contributed by atoms with Crippen LogP contribution in [-0.2, 0) is 111 Å². The molecule has 2 heterocycles. The van der Waals surface area contributed by atoms with E-state index in [4.69, 9.17) is 76.6 Å². The molecule has 32 nitrogen and oxygen atoms in total. The Bertz CT molecular complexity index is 2290. The fourth-order valence-corrected chi connectivity index (χ4v) is 7.92. The molecule has 5 N–H and O–H groups in total. The molecule has 0 aromatic heterocycles. The van der Waals surface area contributed by atoms with Gasteiger partial charge >= 0.3 is 29.8 Å². The summed E-state index contributed by atoms with van der Waals surface area (Å²) in [5.74, 6) is -5.48. The lowest BCUT2D eigenvalue weighted by atomic mass is 9.96. The zero-order valence-electron chi connectivity index (χ0n) is 47.5. The van der Waals surface area contributed by atoms with Gasteiger partial charge in [0.2, 0.25) is 11.8 Å². The van der Waals surface area contributed by atoms with Gasteiger partial charge in [-0.15, -0.1) is 0 Å². The van der Waals surface area contributed by atoms with E-state index in [1.807, 2.05) is 0 Å². The van der Waals surface area contributed by atoms with Gasteiger partial charge in [0, 0.05) is 77.6 Å². The summed E-state index contributed by atoms with van der Waals surface area (Å²) >= 11 is 0. The summed E-state index contributed by atoms with van der Waals surface area (Å²) < 4.78 is 82.7. The highest BCUT2D eigenvalue weighted by atomic mass is 16.7. The average Bonchev–Trinajstić information content (AvgIpc) is 3.14. The van der Waals surface area contributed by atoms with Gasteiger partial charge in [-0.3, -0.25) is 43.2 Å². The van der Waals surface area contributed by atoms with Crippen molar-refractivity contribution in [3.8, 4) is 0 Å².